The molecule has 2 rings (SSSR count). The molecule has 5 nitrogen and oxygen atoms in total. The van der Waals surface area contributed by atoms with E-state index in [1.54, 1.807) is 20.3 Å². The number of nitriles is 1. The molecule has 1 fully saturated rings. The molecule has 6 heteroatoms. The van der Waals surface area contributed by atoms with Gasteiger partial charge in [0.25, 0.3) is 0 Å². The van der Waals surface area contributed by atoms with Gasteiger partial charge in [0.05, 0.1) is 25.3 Å². The number of ether oxygens (including phenoxy) is 2. The number of halogens is 1. The van der Waals surface area contributed by atoms with Crippen LogP contribution in [-0.4, -0.2) is 56.7 Å². The third kappa shape index (κ3) is 3.14. The summed E-state index contributed by atoms with van der Waals surface area (Å²) in [7, 11) is 5.21. The minimum atomic E-state index is -0.393. The van der Waals surface area contributed by atoms with Crippen LogP contribution in [0.4, 0.5) is 0 Å². The average molecular weight is 324 g/mol. The maximum absolute atomic E-state index is 9.69. The van der Waals surface area contributed by atoms with Gasteiger partial charge in [-0.05, 0) is 20.0 Å². The molecule has 0 bridgehead atoms. The smallest absolute Gasteiger partial charge is 0.179 e. The van der Waals surface area contributed by atoms with E-state index in [0.717, 1.165) is 25.2 Å². The second-order valence-corrected chi connectivity index (χ2v) is 5.96. The Balaban J connectivity index is 2.38. The largest absolute Gasteiger partial charge is 0.493 e. The second kappa shape index (κ2) is 7.19. The minimum absolute atomic E-state index is 0.285. The maximum atomic E-state index is 9.69. The Bertz CT molecular complexity index is 573. The van der Waals surface area contributed by atoms with Crippen molar-refractivity contribution in [3.8, 4) is 17.6 Å². The molecule has 0 radical (unpaired) electrons. The van der Waals surface area contributed by atoms with Crippen LogP contribution in [-0.2, 0) is 0 Å². The normalized spacial score (nSPS) is 21.2. The summed E-state index contributed by atoms with van der Waals surface area (Å²) in [4.78, 5) is 4.46. The molecule has 0 aromatic heterocycles. The molecule has 0 saturated carbocycles. The standard InChI is InChI=1S/C16H22ClN3O2/c1-11-10-19(2)7-8-20(11)13(9-18)12-5-6-14(21-3)16(22-4)15(12)17/h5-6,11,13H,7-8,10H2,1-4H3. The van der Waals surface area contributed by atoms with Crippen LogP contribution in [0.25, 0.3) is 0 Å². The van der Waals surface area contributed by atoms with Crippen molar-refractivity contribution >= 4 is 11.6 Å². The third-order valence-corrected chi connectivity index (χ3v) is 4.54. The summed E-state index contributed by atoms with van der Waals surface area (Å²) >= 11 is 6.47. The molecule has 1 aliphatic heterocycles. The number of hydrogen-bond donors (Lipinski definition) is 0. The predicted molar refractivity (Wildman–Crippen MR) is 86.6 cm³/mol. The van der Waals surface area contributed by atoms with Crippen LogP contribution in [0.3, 0.4) is 0 Å². The van der Waals surface area contributed by atoms with Crippen LogP contribution in [0, 0.1) is 11.3 Å². The Morgan fingerprint density at radius 1 is 1.32 bits per heavy atom. The highest BCUT2D eigenvalue weighted by molar-refractivity contribution is 6.33. The first-order valence-corrected chi connectivity index (χ1v) is 7.65. The molecule has 1 saturated heterocycles. The summed E-state index contributed by atoms with van der Waals surface area (Å²) in [6.45, 7) is 4.84. The van der Waals surface area contributed by atoms with Crippen molar-refractivity contribution in [1.82, 2.24) is 9.80 Å². The number of benzene rings is 1. The molecule has 1 aromatic carbocycles. The Morgan fingerprint density at radius 3 is 2.59 bits per heavy atom. The van der Waals surface area contributed by atoms with Gasteiger partial charge in [-0.2, -0.15) is 5.26 Å². The number of nitrogens with zero attached hydrogens (tertiary/aromatic N) is 3. The first-order valence-electron chi connectivity index (χ1n) is 7.27. The molecular weight excluding hydrogens is 302 g/mol. The van der Waals surface area contributed by atoms with E-state index in [4.69, 9.17) is 21.1 Å². The molecule has 120 valence electrons. The van der Waals surface area contributed by atoms with Gasteiger partial charge in [-0.15, -0.1) is 0 Å². The van der Waals surface area contributed by atoms with Crippen LogP contribution in [0.2, 0.25) is 5.02 Å². The van der Waals surface area contributed by atoms with Crippen LogP contribution in [0.5, 0.6) is 11.5 Å². The zero-order valence-corrected chi connectivity index (χ0v) is 14.2. The van der Waals surface area contributed by atoms with E-state index >= 15 is 0 Å². The Kier molecular flexibility index (Phi) is 5.52. The van der Waals surface area contributed by atoms with E-state index < -0.39 is 6.04 Å². The first kappa shape index (κ1) is 16.9. The number of likely N-dealkylation sites (N-methyl/N-ethyl adjacent to an activating group) is 1. The van der Waals surface area contributed by atoms with Crippen molar-refractivity contribution in [1.29, 1.82) is 5.26 Å². The highest BCUT2D eigenvalue weighted by Crippen LogP contribution is 2.41. The van der Waals surface area contributed by atoms with Gasteiger partial charge in [-0.25, -0.2) is 0 Å². The highest BCUT2D eigenvalue weighted by atomic mass is 35.5. The summed E-state index contributed by atoms with van der Waals surface area (Å²) < 4.78 is 10.6. The molecule has 0 aliphatic carbocycles. The van der Waals surface area contributed by atoms with Crippen molar-refractivity contribution < 1.29 is 9.47 Å². The van der Waals surface area contributed by atoms with E-state index in [0.29, 0.717) is 16.5 Å². The minimum Gasteiger partial charge on any atom is -0.493 e. The predicted octanol–water partition coefficient (Wildman–Crippen LogP) is 2.56. The second-order valence-electron chi connectivity index (χ2n) is 5.59. The molecule has 2 atom stereocenters. The van der Waals surface area contributed by atoms with Crippen LogP contribution < -0.4 is 9.47 Å². The highest BCUT2D eigenvalue weighted by Gasteiger charge is 2.31. The molecule has 0 amide bonds. The fourth-order valence-electron chi connectivity index (χ4n) is 2.98. The summed E-state index contributed by atoms with van der Waals surface area (Å²) in [5.74, 6) is 1.04. The van der Waals surface area contributed by atoms with Gasteiger partial charge in [0.2, 0.25) is 0 Å². The van der Waals surface area contributed by atoms with Crippen LogP contribution in [0.15, 0.2) is 12.1 Å². The molecule has 2 unspecified atom stereocenters. The number of piperazine rings is 1. The van der Waals surface area contributed by atoms with Crippen molar-refractivity contribution in [2.75, 3.05) is 40.9 Å². The summed E-state index contributed by atoms with van der Waals surface area (Å²) in [6, 6.07) is 5.93. The van der Waals surface area contributed by atoms with Crippen molar-refractivity contribution in [2.45, 2.75) is 19.0 Å². The van der Waals surface area contributed by atoms with E-state index in [1.165, 1.54) is 0 Å². The Labute approximate surface area is 137 Å². The molecule has 0 spiro atoms. The summed E-state index contributed by atoms with van der Waals surface area (Å²) in [6.07, 6.45) is 0. The molecule has 22 heavy (non-hydrogen) atoms. The van der Waals surface area contributed by atoms with E-state index in [9.17, 15) is 5.26 Å². The molecule has 1 heterocycles. The zero-order chi connectivity index (χ0) is 16.3. The fraction of sp³-hybridized carbons (Fsp3) is 0.562. The van der Waals surface area contributed by atoms with E-state index in [1.807, 2.05) is 6.07 Å². The zero-order valence-electron chi connectivity index (χ0n) is 13.5. The van der Waals surface area contributed by atoms with Gasteiger partial charge in [0, 0.05) is 31.2 Å². The molecule has 1 aromatic rings. The lowest BCUT2D eigenvalue weighted by atomic mass is 10.0. The molecule has 0 N–H and O–H groups in total. The summed E-state index contributed by atoms with van der Waals surface area (Å²) in [5, 5.41) is 10.1. The molecule has 1 aliphatic rings. The monoisotopic (exact) mass is 323 g/mol. The lowest BCUT2D eigenvalue weighted by molar-refractivity contribution is 0.0796. The van der Waals surface area contributed by atoms with Crippen molar-refractivity contribution in [2.24, 2.45) is 0 Å². The number of methoxy groups -OCH3 is 2. The lowest BCUT2D eigenvalue weighted by Gasteiger charge is -2.40. The molecular formula is C16H22ClN3O2. The quantitative estimate of drug-likeness (QED) is 0.852. The first-order chi connectivity index (χ1) is 10.5. The van der Waals surface area contributed by atoms with Gasteiger partial charge in [0.1, 0.15) is 6.04 Å². The van der Waals surface area contributed by atoms with E-state index in [-0.39, 0.29) is 6.04 Å². The van der Waals surface area contributed by atoms with Crippen LogP contribution in [0.1, 0.15) is 18.5 Å². The van der Waals surface area contributed by atoms with Gasteiger partial charge < -0.3 is 14.4 Å². The van der Waals surface area contributed by atoms with E-state index in [2.05, 4.69) is 29.8 Å². The SMILES string of the molecule is COc1ccc(C(C#N)N2CCN(C)CC2C)c(Cl)c1OC. The Hall–Kier alpha value is -1.48. The topological polar surface area (TPSA) is 48.7 Å². The van der Waals surface area contributed by atoms with Gasteiger partial charge >= 0.3 is 0 Å². The average Bonchev–Trinajstić information content (AvgIpc) is 2.50. The van der Waals surface area contributed by atoms with Gasteiger partial charge in [-0.1, -0.05) is 17.7 Å². The van der Waals surface area contributed by atoms with Gasteiger partial charge in [0.15, 0.2) is 11.5 Å². The van der Waals surface area contributed by atoms with Gasteiger partial charge in [-0.3, -0.25) is 4.90 Å². The Morgan fingerprint density at radius 2 is 2.05 bits per heavy atom. The maximum Gasteiger partial charge on any atom is 0.179 e. The van der Waals surface area contributed by atoms with Crippen molar-refractivity contribution in [3.63, 3.8) is 0 Å². The van der Waals surface area contributed by atoms with Crippen LogP contribution >= 0.6 is 11.6 Å². The number of hydrogen-bond acceptors (Lipinski definition) is 5. The fourth-order valence-corrected chi connectivity index (χ4v) is 3.31. The third-order valence-electron chi connectivity index (χ3n) is 4.15. The lowest BCUT2D eigenvalue weighted by Crippen LogP contribution is -2.51. The summed E-state index contributed by atoms with van der Waals surface area (Å²) in [5.41, 5.74) is 0.762. The van der Waals surface area contributed by atoms with Crippen molar-refractivity contribution in [3.05, 3.63) is 22.7 Å². The number of rotatable bonds is 4.